The van der Waals surface area contributed by atoms with Gasteiger partial charge in [0.05, 0.1) is 11.2 Å². The Morgan fingerprint density at radius 3 is 2.94 bits per heavy atom. The number of aryl methyl sites for hydroxylation is 1. The van der Waals surface area contributed by atoms with E-state index in [1.54, 1.807) is 5.51 Å². The Hall–Kier alpha value is -0.940. The van der Waals surface area contributed by atoms with Crippen molar-refractivity contribution in [3.05, 3.63) is 16.1 Å². The van der Waals surface area contributed by atoms with E-state index in [1.165, 1.54) is 11.3 Å². The number of nitrogens with zero attached hydrogens (tertiary/aromatic N) is 1. The number of carbonyl (C=O) groups is 1. The minimum absolute atomic E-state index is 0.0495. The number of unbranched alkanes of at least 4 members (excludes halogenated alkanes) is 1. The van der Waals surface area contributed by atoms with E-state index in [0.29, 0.717) is 11.4 Å². The van der Waals surface area contributed by atoms with Gasteiger partial charge in [-0.1, -0.05) is 19.8 Å². The summed E-state index contributed by atoms with van der Waals surface area (Å²) >= 11 is 1.37. The molecule has 0 spiro atoms. The Bertz CT molecular complexity index is 338. The van der Waals surface area contributed by atoms with E-state index in [-0.39, 0.29) is 11.9 Å². The molecule has 0 aliphatic heterocycles. The molecule has 5 heteroatoms. The molecule has 3 N–H and O–H groups in total. The first kappa shape index (κ1) is 13.1. The lowest BCUT2D eigenvalue weighted by atomic mass is 10.1. The van der Waals surface area contributed by atoms with Gasteiger partial charge in [0, 0.05) is 12.6 Å². The molecule has 0 radical (unpaired) electrons. The highest BCUT2D eigenvalue weighted by Crippen LogP contribution is 2.12. The van der Waals surface area contributed by atoms with Gasteiger partial charge in [0.2, 0.25) is 0 Å². The number of hydrogen-bond donors (Lipinski definition) is 2. The normalized spacial score (nSPS) is 12.4. The van der Waals surface area contributed by atoms with Crippen LogP contribution in [0.15, 0.2) is 5.51 Å². The van der Waals surface area contributed by atoms with E-state index in [2.05, 4.69) is 17.2 Å². The van der Waals surface area contributed by atoms with Gasteiger partial charge in [0.15, 0.2) is 0 Å². The van der Waals surface area contributed by atoms with Crippen molar-refractivity contribution in [2.45, 2.75) is 39.2 Å². The van der Waals surface area contributed by atoms with Crippen molar-refractivity contribution in [3.63, 3.8) is 0 Å². The second-order valence-corrected chi connectivity index (χ2v) is 4.67. The van der Waals surface area contributed by atoms with Crippen LogP contribution in [0.2, 0.25) is 0 Å². The molecule has 1 atom stereocenters. The second-order valence-electron chi connectivity index (χ2n) is 3.82. The maximum atomic E-state index is 11.9. The number of nitrogens with one attached hydrogen (secondary N) is 1. The Labute approximate surface area is 100 Å². The van der Waals surface area contributed by atoms with Gasteiger partial charge in [-0.2, -0.15) is 0 Å². The fourth-order valence-electron chi connectivity index (χ4n) is 1.47. The highest BCUT2D eigenvalue weighted by Gasteiger charge is 2.15. The lowest BCUT2D eigenvalue weighted by Crippen LogP contribution is -2.40. The molecule has 0 fully saturated rings. The summed E-state index contributed by atoms with van der Waals surface area (Å²) in [5.41, 5.74) is 8.10. The first-order valence-electron chi connectivity index (χ1n) is 5.60. The number of aromatic nitrogens is 1. The Morgan fingerprint density at radius 2 is 2.44 bits per heavy atom. The lowest BCUT2D eigenvalue weighted by Gasteiger charge is -2.15. The summed E-state index contributed by atoms with van der Waals surface area (Å²) in [5.74, 6) is -0.0495. The first-order chi connectivity index (χ1) is 7.69. The molecule has 0 saturated heterocycles. The topological polar surface area (TPSA) is 68.0 Å². The standard InChI is InChI=1S/C11H19N3OS/c1-3-4-5-9(6-12)14-11(15)10-8(2)13-7-16-10/h7,9H,3-6,12H2,1-2H3,(H,14,15). The molecule has 1 heterocycles. The summed E-state index contributed by atoms with van der Waals surface area (Å²) in [6.45, 7) is 4.46. The Balaban J connectivity index is 2.52. The highest BCUT2D eigenvalue weighted by atomic mass is 32.1. The smallest absolute Gasteiger partial charge is 0.263 e. The molecule has 1 aromatic rings. The molecule has 90 valence electrons. The van der Waals surface area contributed by atoms with Crippen molar-refractivity contribution in [2.75, 3.05) is 6.54 Å². The minimum Gasteiger partial charge on any atom is -0.347 e. The average Bonchev–Trinajstić information content (AvgIpc) is 2.70. The average molecular weight is 241 g/mol. The van der Waals surface area contributed by atoms with Crippen LogP contribution in [-0.2, 0) is 0 Å². The third-order valence-electron chi connectivity index (χ3n) is 2.48. The number of carbonyl (C=O) groups excluding carboxylic acids is 1. The van der Waals surface area contributed by atoms with Crippen molar-refractivity contribution in [3.8, 4) is 0 Å². The van der Waals surface area contributed by atoms with E-state index >= 15 is 0 Å². The molecule has 0 aliphatic rings. The predicted molar refractivity (Wildman–Crippen MR) is 66.7 cm³/mol. The summed E-state index contributed by atoms with van der Waals surface area (Å²) < 4.78 is 0. The molecule has 16 heavy (non-hydrogen) atoms. The molecule has 0 bridgehead atoms. The van der Waals surface area contributed by atoms with Crippen LogP contribution < -0.4 is 11.1 Å². The Morgan fingerprint density at radius 1 is 1.69 bits per heavy atom. The lowest BCUT2D eigenvalue weighted by molar-refractivity contribution is 0.0939. The van der Waals surface area contributed by atoms with Crippen molar-refractivity contribution in [1.82, 2.24) is 10.3 Å². The maximum absolute atomic E-state index is 11.9. The van der Waals surface area contributed by atoms with E-state index in [4.69, 9.17) is 5.73 Å². The molecular weight excluding hydrogens is 222 g/mol. The number of rotatable bonds is 6. The van der Waals surface area contributed by atoms with Crippen LogP contribution in [0.1, 0.15) is 41.6 Å². The van der Waals surface area contributed by atoms with E-state index in [9.17, 15) is 4.79 Å². The molecular formula is C11H19N3OS. The third kappa shape index (κ3) is 3.57. The van der Waals surface area contributed by atoms with Gasteiger partial charge < -0.3 is 11.1 Å². The van der Waals surface area contributed by atoms with Crippen molar-refractivity contribution >= 4 is 17.2 Å². The summed E-state index contributed by atoms with van der Waals surface area (Å²) in [6.07, 6.45) is 3.15. The van der Waals surface area contributed by atoms with Gasteiger partial charge in [-0.25, -0.2) is 4.98 Å². The fraction of sp³-hybridized carbons (Fsp3) is 0.636. The van der Waals surface area contributed by atoms with Crippen LogP contribution in [0.3, 0.4) is 0 Å². The predicted octanol–water partition coefficient (Wildman–Crippen LogP) is 1.70. The second kappa shape index (κ2) is 6.60. The first-order valence-corrected chi connectivity index (χ1v) is 6.48. The van der Waals surface area contributed by atoms with Gasteiger partial charge in [0.25, 0.3) is 5.91 Å². The number of hydrogen-bond acceptors (Lipinski definition) is 4. The largest absolute Gasteiger partial charge is 0.347 e. The van der Waals surface area contributed by atoms with Crippen LogP contribution in [0.5, 0.6) is 0 Å². The zero-order chi connectivity index (χ0) is 12.0. The minimum atomic E-state index is -0.0495. The molecule has 1 rings (SSSR count). The van der Waals surface area contributed by atoms with Crippen LogP contribution in [0.4, 0.5) is 0 Å². The molecule has 0 aromatic carbocycles. The van der Waals surface area contributed by atoms with Crippen molar-refractivity contribution in [1.29, 1.82) is 0 Å². The summed E-state index contributed by atoms with van der Waals surface area (Å²) in [6, 6.07) is 0.0777. The summed E-state index contributed by atoms with van der Waals surface area (Å²) in [5, 5.41) is 2.95. The van der Waals surface area contributed by atoms with Gasteiger partial charge in [-0.05, 0) is 13.3 Å². The van der Waals surface area contributed by atoms with E-state index in [0.717, 1.165) is 25.0 Å². The van der Waals surface area contributed by atoms with Crippen molar-refractivity contribution in [2.24, 2.45) is 5.73 Å². The Kier molecular flexibility index (Phi) is 5.42. The molecule has 4 nitrogen and oxygen atoms in total. The molecule has 0 aliphatic carbocycles. The van der Waals surface area contributed by atoms with Crippen LogP contribution >= 0.6 is 11.3 Å². The third-order valence-corrected chi connectivity index (χ3v) is 3.40. The van der Waals surface area contributed by atoms with Crippen LogP contribution in [-0.4, -0.2) is 23.5 Å². The number of amides is 1. The summed E-state index contributed by atoms with van der Waals surface area (Å²) in [4.78, 5) is 16.6. The van der Waals surface area contributed by atoms with Gasteiger partial charge in [-0.3, -0.25) is 4.79 Å². The quantitative estimate of drug-likeness (QED) is 0.796. The monoisotopic (exact) mass is 241 g/mol. The van der Waals surface area contributed by atoms with Crippen LogP contribution in [0.25, 0.3) is 0 Å². The van der Waals surface area contributed by atoms with Gasteiger partial charge >= 0.3 is 0 Å². The van der Waals surface area contributed by atoms with Gasteiger partial charge in [0.1, 0.15) is 4.88 Å². The SMILES string of the molecule is CCCCC(CN)NC(=O)c1scnc1C. The highest BCUT2D eigenvalue weighted by molar-refractivity contribution is 7.11. The molecule has 0 saturated carbocycles. The number of thiazole rings is 1. The zero-order valence-corrected chi connectivity index (χ0v) is 10.6. The number of nitrogens with two attached hydrogens (primary N) is 1. The summed E-state index contributed by atoms with van der Waals surface area (Å²) in [7, 11) is 0. The van der Waals surface area contributed by atoms with Crippen LogP contribution in [0, 0.1) is 6.92 Å². The molecule has 1 aromatic heterocycles. The fourth-order valence-corrected chi connectivity index (χ4v) is 2.18. The zero-order valence-electron chi connectivity index (χ0n) is 9.82. The van der Waals surface area contributed by atoms with E-state index < -0.39 is 0 Å². The maximum Gasteiger partial charge on any atom is 0.263 e. The van der Waals surface area contributed by atoms with Gasteiger partial charge in [-0.15, -0.1) is 11.3 Å². The molecule has 1 amide bonds. The van der Waals surface area contributed by atoms with Crippen molar-refractivity contribution < 1.29 is 4.79 Å². The van der Waals surface area contributed by atoms with E-state index in [1.807, 2.05) is 6.92 Å². The molecule has 1 unspecified atom stereocenters.